The van der Waals surface area contributed by atoms with E-state index in [9.17, 15) is 4.79 Å². The molecule has 0 fully saturated rings. The van der Waals surface area contributed by atoms with Gasteiger partial charge >= 0.3 is 77.2 Å². The van der Waals surface area contributed by atoms with Crippen LogP contribution < -0.4 is 3.80 Å². The molecule has 0 aliphatic carbocycles. The molecule has 0 aliphatic rings. The Bertz CT molecular complexity index is 131. The van der Waals surface area contributed by atoms with Gasteiger partial charge in [0, 0.05) is 0 Å². The summed E-state index contributed by atoms with van der Waals surface area (Å²) < 4.78 is 8.00. The van der Waals surface area contributed by atoms with Crippen LogP contribution in [0.2, 0.25) is 18.9 Å². The van der Waals surface area contributed by atoms with E-state index in [1.165, 1.54) is 18.9 Å². The van der Waals surface area contributed by atoms with E-state index in [0.29, 0.717) is 0 Å². The van der Waals surface area contributed by atoms with Crippen molar-refractivity contribution in [3.05, 3.63) is 0 Å². The van der Waals surface area contributed by atoms with Crippen LogP contribution in [0.4, 0.5) is 0 Å². The molecule has 0 spiro atoms. The Balaban J connectivity index is 4.82. The minimum atomic E-state index is -2.53. The van der Waals surface area contributed by atoms with Crippen LogP contribution in [0.25, 0.3) is 0 Å². The molecule has 0 atom stereocenters. The van der Waals surface area contributed by atoms with Gasteiger partial charge in [0.05, 0.1) is 0 Å². The van der Waals surface area contributed by atoms with Crippen molar-refractivity contribution in [2.75, 3.05) is 0 Å². The Morgan fingerprint density at radius 3 is 1.42 bits per heavy atom. The Labute approximate surface area is 77.3 Å². The van der Waals surface area contributed by atoms with E-state index in [4.69, 9.17) is 0 Å². The van der Waals surface area contributed by atoms with E-state index in [0.717, 1.165) is 6.41 Å². The van der Waals surface area contributed by atoms with Crippen LogP contribution in [0.5, 0.6) is 0 Å². The molecule has 0 bridgehead atoms. The molecular weight excluding hydrogens is 186 g/mol. The zero-order valence-electron chi connectivity index (χ0n) is 8.81. The van der Waals surface area contributed by atoms with Gasteiger partial charge in [-0.15, -0.1) is 0 Å². The van der Waals surface area contributed by atoms with E-state index >= 15 is 0 Å². The number of hydrogen-bond donors (Lipinski definition) is 1. The van der Waals surface area contributed by atoms with Crippen LogP contribution >= 0.6 is 0 Å². The summed E-state index contributed by atoms with van der Waals surface area (Å²) in [5.41, 5.74) is 0. The standard InChI is InChI=1S/4C2H5.CH3NO.Ti/c4*1-2;2-1-3;/h4*1H2,2H3;1H,(H2,2,3);/q;;;;;+1/p-1. The maximum atomic E-state index is 10.6. The molecule has 1 amide bonds. The van der Waals surface area contributed by atoms with Gasteiger partial charge in [0.1, 0.15) is 0 Å². The number of carbonyl (C=O) groups excluding carboxylic acids is 1. The van der Waals surface area contributed by atoms with E-state index < -0.39 is 15.6 Å². The number of hydrogen-bond acceptors (Lipinski definition) is 1. The van der Waals surface area contributed by atoms with Crippen molar-refractivity contribution in [3.8, 4) is 0 Å². The first-order valence-electron chi connectivity index (χ1n) is 5.02. The fourth-order valence-electron chi connectivity index (χ4n) is 2.07. The summed E-state index contributed by atoms with van der Waals surface area (Å²) in [5.74, 6) is 0. The summed E-state index contributed by atoms with van der Waals surface area (Å²) in [5, 5.41) is 0. The molecule has 12 heavy (non-hydrogen) atoms. The van der Waals surface area contributed by atoms with Gasteiger partial charge in [-0.25, -0.2) is 0 Å². The van der Waals surface area contributed by atoms with Gasteiger partial charge in [0.25, 0.3) is 0 Å². The van der Waals surface area contributed by atoms with Gasteiger partial charge < -0.3 is 0 Å². The van der Waals surface area contributed by atoms with Crippen LogP contribution in [-0.4, -0.2) is 6.41 Å². The Hall–Kier alpha value is 0.184. The van der Waals surface area contributed by atoms with Crippen molar-refractivity contribution in [1.29, 1.82) is 0 Å². The molecule has 73 valence electrons. The summed E-state index contributed by atoms with van der Waals surface area (Å²) in [4.78, 5) is 10.6. The summed E-state index contributed by atoms with van der Waals surface area (Å²) in [6.45, 7) is 8.91. The minimum absolute atomic E-state index is 0.928. The predicted octanol–water partition coefficient (Wildman–Crippen LogP) is 3.09. The van der Waals surface area contributed by atoms with E-state index in [1.807, 2.05) is 0 Å². The summed E-state index contributed by atoms with van der Waals surface area (Å²) in [6.07, 6.45) is 0.928. The number of carbonyl (C=O) groups is 1. The molecule has 0 aliphatic heterocycles. The van der Waals surface area contributed by atoms with E-state index in [1.54, 1.807) is 0 Å². The average molecular weight is 208 g/mol. The van der Waals surface area contributed by atoms with Crippen molar-refractivity contribution in [1.82, 2.24) is 3.80 Å². The van der Waals surface area contributed by atoms with Gasteiger partial charge in [-0.05, 0) is 0 Å². The first kappa shape index (κ1) is 12.2. The molecule has 0 aromatic rings. The van der Waals surface area contributed by atoms with E-state index in [-0.39, 0.29) is 0 Å². The van der Waals surface area contributed by atoms with Crippen LogP contribution in [0, 0.1) is 0 Å². The third kappa shape index (κ3) is 1.91. The fraction of sp³-hybridized carbons (Fsp3) is 0.889. The van der Waals surface area contributed by atoms with Gasteiger partial charge in [-0.3, -0.25) is 0 Å². The summed E-state index contributed by atoms with van der Waals surface area (Å²) in [6, 6.07) is 0. The Morgan fingerprint density at radius 1 is 1.00 bits per heavy atom. The maximum absolute atomic E-state index is 10.6. The molecular formula is C9H22NOTi. The van der Waals surface area contributed by atoms with Crippen LogP contribution in [0.15, 0.2) is 0 Å². The molecule has 0 radical (unpaired) electrons. The second kappa shape index (κ2) is 4.43. The quantitative estimate of drug-likeness (QED) is 0.527. The molecule has 0 aromatic heterocycles. The molecule has 0 aromatic carbocycles. The zero-order chi connectivity index (χ0) is 9.69. The molecule has 0 rings (SSSR count). The summed E-state index contributed by atoms with van der Waals surface area (Å²) >= 11 is -2.53. The summed E-state index contributed by atoms with van der Waals surface area (Å²) in [7, 11) is 0. The van der Waals surface area contributed by atoms with Crippen LogP contribution in [0.3, 0.4) is 0 Å². The topological polar surface area (TPSA) is 29.1 Å². The first-order valence-corrected chi connectivity index (χ1v) is 10.2. The predicted molar refractivity (Wildman–Crippen MR) is 51.1 cm³/mol. The van der Waals surface area contributed by atoms with Crippen molar-refractivity contribution >= 4 is 6.41 Å². The van der Waals surface area contributed by atoms with Crippen LogP contribution in [0.1, 0.15) is 27.7 Å². The average Bonchev–Trinajstić information content (AvgIpc) is 2.16. The van der Waals surface area contributed by atoms with Gasteiger partial charge in [-0.2, -0.15) is 0 Å². The fourth-order valence-corrected chi connectivity index (χ4v) is 8.56. The molecule has 2 nitrogen and oxygen atoms in total. The number of amides is 1. The van der Waals surface area contributed by atoms with Crippen molar-refractivity contribution in [2.45, 2.75) is 46.6 Å². The van der Waals surface area contributed by atoms with Crippen molar-refractivity contribution in [2.24, 2.45) is 0 Å². The second-order valence-electron chi connectivity index (χ2n) is 3.88. The third-order valence-electron chi connectivity index (χ3n) is 4.17. The normalized spacial score (nSPS) is 14.8. The molecule has 3 heteroatoms. The second-order valence-corrected chi connectivity index (χ2v) is 15.6. The van der Waals surface area contributed by atoms with Gasteiger partial charge in [-0.1, -0.05) is 0 Å². The van der Waals surface area contributed by atoms with E-state index in [2.05, 4.69) is 31.5 Å². The molecule has 0 heterocycles. The zero-order valence-corrected chi connectivity index (χ0v) is 10.4. The molecule has 0 unspecified atom stereocenters. The Morgan fingerprint density at radius 2 is 1.33 bits per heavy atom. The van der Waals surface area contributed by atoms with Crippen molar-refractivity contribution in [3.63, 3.8) is 0 Å². The third-order valence-corrected chi connectivity index (χ3v) is 17.2. The van der Waals surface area contributed by atoms with Gasteiger partial charge in [0.15, 0.2) is 0 Å². The van der Waals surface area contributed by atoms with Crippen LogP contribution in [-0.2, 0) is 20.4 Å². The van der Waals surface area contributed by atoms with Gasteiger partial charge in [0.2, 0.25) is 0 Å². The number of nitrogens with one attached hydrogen (secondary N) is 1. The monoisotopic (exact) mass is 208 g/mol. The molecule has 0 saturated carbocycles. The molecule has 1 N–H and O–H groups in total. The van der Waals surface area contributed by atoms with Crippen molar-refractivity contribution < 1.29 is 20.4 Å². The molecule has 0 saturated heterocycles. The first-order chi connectivity index (χ1) is 5.62. The number of rotatable bonds is 6. The Kier molecular flexibility index (Phi) is 4.50. The SMILES string of the molecule is C[CH2][Ti]([CH2]C)([CH2]C)([CH2]C)[NH]C=O.